The van der Waals surface area contributed by atoms with E-state index in [1.54, 1.807) is 13.2 Å². The molecule has 0 spiro atoms. The van der Waals surface area contributed by atoms with Crippen molar-refractivity contribution in [3.8, 4) is 5.75 Å². The minimum absolute atomic E-state index is 0.379. The fourth-order valence-corrected chi connectivity index (χ4v) is 2.31. The largest absolute Gasteiger partial charge is 0.550 e. The van der Waals surface area contributed by atoms with E-state index in [0.29, 0.717) is 11.3 Å². The van der Waals surface area contributed by atoms with Crippen molar-refractivity contribution in [1.29, 1.82) is 0 Å². The molecule has 2 N–H and O–H groups in total. The quantitative estimate of drug-likeness (QED) is 0.647. The van der Waals surface area contributed by atoms with E-state index in [1.807, 2.05) is 41.7 Å². The lowest BCUT2D eigenvalue weighted by Gasteiger charge is -2.01. The topological polar surface area (TPSA) is 105 Å². The summed E-state index contributed by atoms with van der Waals surface area (Å²) in [6.07, 6.45) is 0. The Balaban J connectivity index is 0.000000511. The number of aliphatic imine (C=N–C) groups is 1. The number of para-hydroxylation sites is 1. The van der Waals surface area contributed by atoms with E-state index in [0.717, 1.165) is 29.8 Å². The normalized spacial score (nSPS) is 11.6. The SMILES string of the molecule is CC(=O)[O-].COC(=O)c1cccc2c1N=C(c1cccc(OC)c1)[NH2+]2. The number of ether oxygens (including phenoxy) is 2. The number of carbonyl (C=O) groups excluding carboxylic acids is 2. The van der Waals surface area contributed by atoms with Gasteiger partial charge in [-0.1, -0.05) is 12.1 Å². The van der Waals surface area contributed by atoms with Gasteiger partial charge in [0.2, 0.25) is 5.84 Å². The highest BCUT2D eigenvalue weighted by atomic mass is 16.5. The Bertz CT molecular complexity index is 826. The first-order valence-corrected chi connectivity index (χ1v) is 7.43. The molecule has 1 aliphatic rings. The van der Waals surface area contributed by atoms with Crippen LogP contribution in [0.1, 0.15) is 22.8 Å². The highest BCUT2D eigenvalue weighted by Gasteiger charge is 2.26. The van der Waals surface area contributed by atoms with Gasteiger partial charge in [0.15, 0.2) is 5.69 Å². The summed E-state index contributed by atoms with van der Waals surface area (Å²) >= 11 is 0. The molecule has 1 heterocycles. The summed E-state index contributed by atoms with van der Waals surface area (Å²) in [6.45, 7) is 0.972. The second-order valence-electron chi connectivity index (χ2n) is 5.10. The van der Waals surface area contributed by atoms with Crippen molar-refractivity contribution in [2.75, 3.05) is 14.2 Å². The molecule has 1 aliphatic heterocycles. The number of carboxylic acid groups (broad SMARTS) is 1. The van der Waals surface area contributed by atoms with Gasteiger partial charge in [-0.3, -0.25) is 5.32 Å². The van der Waals surface area contributed by atoms with E-state index in [-0.39, 0.29) is 5.97 Å². The van der Waals surface area contributed by atoms with Crippen molar-refractivity contribution in [3.05, 3.63) is 53.6 Å². The van der Waals surface area contributed by atoms with Crippen LogP contribution in [0, 0.1) is 0 Å². The zero-order valence-electron chi connectivity index (χ0n) is 14.1. The Morgan fingerprint density at radius 1 is 1.12 bits per heavy atom. The molecule has 0 bridgehead atoms. The summed E-state index contributed by atoms with van der Waals surface area (Å²) < 4.78 is 10.0. The number of fused-ring (bicyclic) bond motifs is 1. The molecule has 0 radical (unpaired) electrons. The molecule has 0 atom stereocenters. The Kier molecular flexibility index (Phi) is 5.86. The molecule has 0 fully saturated rings. The molecule has 0 aromatic heterocycles. The van der Waals surface area contributed by atoms with E-state index >= 15 is 0 Å². The molecular formula is C18H18N2O5. The Morgan fingerprint density at radius 2 is 1.80 bits per heavy atom. The van der Waals surface area contributed by atoms with E-state index in [4.69, 9.17) is 19.4 Å². The maximum Gasteiger partial charge on any atom is 0.340 e. The monoisotopic (exact) mass is 342 g/mol. The van der Waals surface area contributed by atoms with Crippen molar-refractivity contribution in [1.82, 2.24) is 0 Å². The van der Waals surface area contributed by atoms with Gasteiger partial charge < -0.3 is 19.4 Å². The van der Waals surface area contributed by atoms with E-state index in [1.165, 1.54) is 7.11 Å². The number of carbonyl (C=O) groups is 2. The molecule has 7 nitrogen and oxygen atoms in total. The molecule has 0 saturated carbocycles. The Hall–Kier alpha value is -3.19. The molecule has 3 rings (SSSR count). The predicted molar refractivity (Wildman–Crippen MR) is 89.2 cm³/mol. The number of amidine groups is 1. The lowest BCUT2D eigenvalue weighted by Crippen LogP contribution is -2.80. The van der Waals surface area contributed by atoms with Crippen LogP contribution in [0.15, 0.2) is 47.5 Å². The fraction of sp³-hybridized carbons (Fsp3) is 0.167. The minimum Gasteiger partial charge on any atom is -0.550 e. The number of benzene rings is 2. The van der Waals surface area contributed by atoms with Gasteiger partial charge in [0.05, 0.1) is 25.3 Å². The third kappa shape index (κ3) is 4.42. The Morgan fingerprint density at radius 3 is 2.44 bits per heavy atom. The Labute approximate surface area is 144 Å². The number of quaternary nitrogens is 1. The van der Waals surface area contributed by atoms with Crippen LogP contribution in [-0.4, -0.2) is 32.0 Å². The maximum absolute atomic E-state index is 11.8. The van der Waals surface area contributed by atoms with Crippen molar-refractivity contribution < 1.29 is 29.5 Å². The van der Waals surface area contributed by atoms with Crippen LogP contribution in [0.3, 0.4) is 0 Å². The third-order valence-corrected chi connectivity index (χ3v) is 3.36. The van der Waals surface area contributed by atoms with E-state index < -0.39 is 5.97 Å². The fourth-order valence-electron chi connectivity index (χ4n) is 2.31. The first kappa shape index (κ1) is 18.2. The number of nitrogens with zero attached hydrogens (tertiary/aromatic N) is 1. The molecule has 2 aromatic carbocycles. The summed E-state index contributed by atoms with van der Waals surface area (Å²) in [5.74, 6) is 0.115. The smallest absolute Gasteiger partial charge is 0.340 e. The highest BCUT2D eigenvalue weighted by molar-refractivity contribution is 6.04. The number of methoxy groups -OCH3 is 2. The van der Waals surface area contributed by atoms with Crippen LogP contribution in [0.4, 0.5) is 11.4 Å². The van der Waals surface area contributed by atoms with Gasteiger partial charge in [-0.2, -0.15) is 4.99 Å². The second kappa shape index (κ2) is 8.07. The van der Waals surface area contributed by atoms with Crippen LogP contribution in [-0.2, 0) is 9.53 Å². The van der Waals surface area contributed by atoms with E-state index in [2.05, 4.69) is 4.99 Å². The van der Waals surface area contributed by atoms with Crippen molar-refractivity contribution in [2.24, 2.45) is 4.99 Å². The average Bonchev–Trinajstić information content (AvgIpc) is 3.05. The molecular weight excluding hydrogens is 324 g/mol. The first-order valence-electron chi connectivity index (χ1n) is 7.43. The number of nitrogens with two attached hydrogens (primary N) is 1. The maximum atomic E-state index is 11.8. The predicted octanol–water partition coefficient (Wildman–Crippen LogP) is 0.525. The standard InChI is InChI=1S/C16H14N2O3.C2H4O2/c1-20-11-6-3-5-10(9-11)15-17-13-8-4-7-12(14(13)18-15)16(19)21-2;1-2(3)4/h3-9H,1-2H3,(H,17,18);1H3,(H,3,4). The molecule has 0 amide bonds. The summed E-state index contributed by atoms with van der Waals surface area (Å²) in [6, 6.07) is 13.1. The van der Waals surface area contributed by atoms with Crippen LogP contribution >= 0.6 is 0 Å². The van der Waals surface area contributed by atoms with Gasteiger partial charge in [-0.05, 0) is 31.2 Å². The minimum atomic E-state index is -1.08. The first-order chi connectivity index (χ1) is 12.0. The number of hydrogen-bond acceptors (Lipinski definition) is 6. The summed E-state index contributed by atoms with van der Waals surface area (Å²) in [7, 11) is 3.00. The molecule has 0 aliphatic carbocycles. The lowest BCUT2D eigenvalue weighted by atomic mass is 10.1. The van der Waals surface area contributed by atoms with Gasteiger partial charge >= 0.3 is 5.97 Å². The molecule has 25 heavy (non-hydrogen) atoms. The number of hydrogen-bond donors (Lipinski definition) is 1. The molecule has 0 unspecified atom stereocenters. The lowest BCUT2D eigenvalue weighted by molar-refractivity contribution is -0.437. The number of aliphatic carboxylic acids is 1. The van der Waals surface area contributed by atoms with Gasteiger partial charge in [0.1, 0.15) is 11.4 Å². The van der Waals surface area contributed by atoms with Crippen molar-refractivity contribution >= 4 is 29.1 Å². The van der Waals surface area contributed by atoms with Gasteiger partial charge in [-0.25, -0.2) is 4.79 Å². The van der Waals surface area contributed by atoms with Crippen LogP contribution in [0.2, 0.25) is 0 Å². The van der Waals surface area contributed by atoms with Gasteiger partial charge in [0, 0.05) is 12.0 Å². The number of carboxylic acids is 1. The summed E-state index contributed by atoms with van der Waals surface area (Å²) in [4.78, 5) is 25.3. The zero-order chi connectivity index (χ0) is 18.4. The van der Waals surface area contributed by atoms with Gasteiger partial charge in [-0.15, -0.1) is 0 Å². The molecule has 7 heteroatoms. The van der Waals surface area contributed by atoms with Gasteiger partial charge in [0.25, 0.3) is 0 Å². The van der Waals surface area contributed by atoms with Crippen LogP contribution < -0.4 is 15.2 Å². The van der Waals surface area contributed by atoms with E-state index in [9.17, 15) is 4.79 Å². The van der Waals surface area contributed by atoms with Crippen molar-refractivity contribution in [3.63, 3.8) is 0 Å². The third-order valence-electron chi connectivity index (χ3n) is 3.36. The molecule has 2 aromatic rings. The molecule has 0 saturated heterocycles. The van der Waals surface area contributed by atoms with Crippen LogP contribution in [0.5, 0.6) is 5.75 Å². The van der Waals surface area contributed by atoms with Crippen LogP contribution in [0.25, 0.3) is 0 Å². The second-order valence-corrected chi connectivity index (χ2v) is 5.10. The average molecular weight is 342 g/mol. The number of rotatable bonds is 3. The molecule has 130 valence electrons. The zero-order valence-corrected chi connectivity index (χ0v) is 14.1. The van der Waals surface area contributed by atoms with Crippen molar-refractivity contribution in [2.45, 2.75) is 6.92 Å². The number of esters is 1. The summed E-state index contributed by atoms with van der Waals surface area (Å²) in [5, 5.41) is 10.8. The highest BCUT2D eigenvalue weighted by Crippen LogP contribution is 2.30. The summed E-state index contributed by atoms with van der Waals surface area (Å²) in [5.41, 5.74) is 2.99.